The Morgan fingerprint density at radius 1 is 1.31 bits per heavy atom. The SMILES string of the molecule is COCOc1ccc([C@H](C)N)cc1. The molecule has 0 saturated carbocycles. The topological polar surface area (TPSA) is 44.5 Å². The Morgan fingerprint density at radius 3 is 2.38 bits per heavy atom. The fourth-order valence-electron chi connectivity index (χ4n) is 0.995. The molecular weight excluding hydrogens is 166 g/mol. The highest BCUT2D eigenvalue weighted by Gasteiger charge is 1.98. The third-order valence-electron chi connectivity index (χ3n) is 1.75. The van der Waals surface area contributed by atoms with Crippen LogP contribution in [0.2, 0.25) is 0 Å². The fraction of sp³-hybridized carbons (Fsp3) is 0.400. The van der Waals surface area contributed by atoms with E-state index in [-0.39, 0.29) is 12.8 Å². The van der Waals surface area contributed by atoms with Gasteiger partial charge < -0.3 is 15.2 Å². The number of benzene rings is 1. The van der Waals surface area contributed by atoms with E-state index in [9.17, 15) is 0 Å². The second-order valence-corrected chi connectivity index (χ2v) is 2.91. The maximum atomic E-state index is 5.70. The molecule has 13 heavy (non-hydrogen) atoms. The van der Waals surface area contributed by atoms with E-state index in [2.05, 4.69) is 0 Å². The van der Waals surface area contributed by atoms with Crippen LogP contribution in [0.25, 0.3) is 0 Å². The first-order valence-electron chi connectivity index (χ1n) is 4.21. The molecule has 0 fully saturated rings. The lowest BCUT2D eigenvalue weighted by atomic mass is 10.1. The van der Waals surface area contributed by atoms with E-state index in [1.165, 1.54) is 0 Å². The molecule has 0 heterocycles. The molecule has 3 nitrogen and oxygen atoms in total. The summed E-state index contributed by atoms with van der Waals surface area (Å²) in [5.41, 5.74) is 6.80. The highest BCUT2D eigenvalue weighted by molar-refractivity contribution is 5.28. The quantitative estimate of drug-likeness (QED) is 0.719. The van der Waals surface area contributed by atoms with Gasteiger partial charge in [0.15, 0.2) is 6.79 Å². The number of hydrogen-bond donors (Lipinski definition) is 1. The zero-order valence-electron chi connectivity index (χ0n) is 7.99. The van der Waals surface area contributed by atoms with E-state index >= 15 is 0 Å². The van der Waals surface area contributed by atoms with Crippen molar-refractivity contribution in [2.45, 2.75) is 13.0 Å². The lowest BCUT2D eigenvalue weighted by Gasteiger charge is -2.07. The van der Waals surface area contributed by atoms with E-state index in [0.717, 1.165) is 11.3 Å². The molecule has 2 N–H and O–H groups in total. The maximum Gasteiger partial charge on any atom is 0.188 e. The molecule has 0 saturated heterocycles. The Bertz CT molecular complexity index is 244. The molecule has 0 radical (unpaired) electrons. The van der Waals surface area contributed by atoms with Crippen molar-refractivity contribution in [3.8, 4) is 5.75 Å². The standard InChI is InChI=1S/C10H15NO2/c1-8(11)9-3-5-10(6-4-9)13-7-12-2/h3-6,8H,7,11H2,1-2H3/t8-/m0/s1. The van der Waals surface area contributed by atoms with Gasteiger partial charge in [0.2, 0.25) is 0 Å². The van der Waals surface area contributed by atoms with Gasteiger partial charge in [-0.2, -0.15) is 0 Å². The van der Waals surface area contributed by atoms with Gasteiger partial charge >= 0.3 is 0 Å². The molecule has 1 rings (SSSR count). The van der Waals surface area contributed by atoms with Crippen LogP contribution >= 0.6 is 0 Å². The Morgan fingerprint density at radius 2 is 1.92 bits per heavy atom. The number of ether oxygens (including phenoxy) is 2. The molecule has 72 valence electrons. The molecule has 0 spiro atoms. The molecule has 0 amide bonds. The van der Waals surface area contributed by atoms with Gasteiger partial charge in [-0.15, -0.1) is 0 Å². The molecule has 0 unspecified atom stereocenters. The number of rotatable bonds is 4. The van der Waals surface area contributed by atoms with E-state index < -0.39 is 0 Å². The van der Waals surface area contributed by atoms with Gasteiger partial charge in [0.05, 0.1) is 0 Å². The largest absolute Gasteiger partial charge is 0.468 e. The molecule has 1 aromatic rings. The van der Waals surface area contributed by atoms with Crippen LogP contribution < -0.4 is 10.5 Å². The van der Waals surface area contributed by atoms with Gasteiger partial charge in [-0.3, -0.25) is 0 Å². The van der Waals surface area contributed by atoms with Crippen molar-refractivity contribution in [2.75, 3.05) is 13.9 Å². The summed E-state index contributed by atoms with van der Waals surface area (Å²) in [6, 6.07) is 7.75. The van der Waals surface area contributed by atoms with Crippen molar-refractivity contribution >= 4 is 0 Å². The van der Waals surface area contributed by atoms with Crippen LogP contribution in [0.5, 0.6) is 5.75 Å². The van der Waals surface area contributed by atoms with Crippen molar-refractivity contribution in [1.82, 2.24) is 0 Å². The molecule has 1 atom stereocenters. The first-order valence-corrected chi connectivity index (χ1v) is 4.21. The van der Waals surface area contributed by atoms with Crippen molar-refractivity contribution in [2.24, 2.45) is 5.73 Å². The zero-order valence-corrected chi connectivity index (χ0v) is 7.99. The number of nitrogens with two attached hydrogens (primary N) is 1. The minimum Gasteiger partial charge on any atom is -0.468 e. The van der Waals surface area contributed by atoms with Crippen LogP contribution in [0.4, 0.5) is 0 Å². The first kappa shape index (κ1) is 10.0. The summed E-state index contributed by atoms with van der Waals surface area (Å²) in [5, 5.41) is 0. The molecule has 0 bridgehead atoms. The van der Waals surface area contributed by atoms with E-state index in [4.69, 9.17) is 15.2 Å². The summed E-state index contributed by atoms with van der Waals surface area (Å²) in [5.74, 6) is 0.797. The van der Waals surface area contributed by atoms with Crippen LogP contribution in [0.1, 0.15) is 18.5 Å². The van der Waals surface area contributed by atoms with Crippen LogP contribution in [-0.2, 0) is 4.74 Å². The summed E-state index contributed by atoms with van der Waals surface area (Å²) in [6.45, 7) is 2.22. The van der Waals surface area contributed by atoms with E-state index in [1.54, 1.807) is 7.11 Å². The third kappa shape index (κ3) is 3.05. The molecule has 0 aliphatic heterocycles. The Hall–Kier alpha value is -1.06. The lowest BCUT2D eigenvalue weighted by molar-refractivity contribution is 0.0511. The van der Waals surface area contributed by atoms with Gasteiger partial charge in [-0.05, 0) is 24.6 Å². The summed E-state index contributed by atoms with van der Waals surface area (Å²) in [4.78, 5) is 0. The van der Waals surface area contributed by atoms with Crippen LogP contribution in [-0.4, -0.2) is 13.9 Å². The predicted molar refractivity (Wildman–Crippen MR) is 51.5 cm³/mol. The Balaban J connectivity index is 2.59. The minimum absolute atomic E-state index is 0.0662. The third-order valence-corrected chi connectivity index (χ3v) is 1.75. The molecule has 0 aliphatic rings. The molecule has 0 aliphatic carbocycles. The molecule has 3 heteroatoms. The number of hydrogen-bond acceptors (Lipinski definition) is 3. The van der Waals surface area contributed by atoms with E-state index in [0.29, 0.717) is 0 Å². The number of methoxy groups -OCH3 is 1. The van der Waals surface area contributed by atoms with Crippen molar-refractivity contribution in [3.63, 3.8) is 0 Å². The second kappa shape index (κ2) is 4.84. The molecular formula is C10H15NO2. The van der Waals surface area contributed by atoms with Crippen LogP contribution in [0, 0.1) is 0 Å². The maximum absolute atomic E-state index is 5.70. The smallest absolute Gasteiger partial charge is 0.188 e. The normalized spacial score (nSPS) is 12.5. The predicted octanol–water partition coefficient (Wildman–Crippen LogP) is 1.69. The van der Waals surface area contributed by atoms with Crippen LogP contribution in [0.15, 0.2) is 24.3 Å². The van der Waals surface area contributed by atoms with Gasteiger partial charge in [-0.1, -0.05) is 12.1 Å². The summed E-state index contributed by atoms with van der Waals surface area (Å²) in [7, 11) is 1.59. The van der Waals surface area contributed by atoms with Crippen LogP contribution in [0.3, 0.4) is 0 Å². The summed E-state index contributed by atoms with van der Waals surface area (Å²) >= 11 is 0. The highest BCUT2D eigenvalue weighted by Crippen LogP contribution is 2.15. The monoisotopic (exact) mass is 181 g/mol. The highest BCUT2D eigenvalue weighted by atomic mass is 16.7. The van der Waals surface area contributed by atoms with Gasteiger partial charge in [0.1, 0.15) is 5.75 Å². The van der Waals surface area contributed by atoms with Crippen molar-refractivity contribution < 1.29 is 9.47 Å². The zero-order chi connectivity index (χ0) is 9.68. The minimum atomic E-state index is 0.0662. The lowest BCUT2D eigenvalue weighted by Crippen LogP contribution is -2.04. The first-order chi connectivity index (χ1) is 6.24. The fourth-order valence-corrected chi connectivity index (χ4v) is 0.995. The summed E-state index contributed by atoms with van der Waals surface area (Å²) < 4.78 is 10.0. The van der Waals surface area contributed by atoms with E-state index in [1.807, 2.05) is 31.2 Å². The average Bonchev–Trinajstić information content (AvgIpc) is 2.15. The van der Waals surface area contributed by atoms with Crippen molar-refractivity contribution in [1.29, 1.82) is 0 Å². The van der Waals surface area contributed by atoms with Gasteiger partial charge in [0, 0.05) is 13.2 Å². The summed E-state index contributed by atoms with van der Waals surface area (Å²) in [6.07, 6.45) is 0. The van der Waals surface area contributed by atoms with Crippen molar-refractivity contribution in [3.05, 3.63) is 29.8 Å². The average molecular weight is 181 g/mol. The van der Waals surface area contributed by atoms with Gasteiger partial charge in [0.25, 0.3) is 0 Å². The van der Waals surface area contributed by atoms with Gasteiger partial charge in [-0.25, -0.2) is 0 Å². The molecule has 0 aromatic heterocycles. The Kier molecular flexibility index (Phi) is 3.73. The molecule has 1 aromatic carbocycles. The Labute approximate surface area is 78.5 Å². The second-order valence-electron chi connectivity index (χ2n) is 2.91.